The number of rotatable bonds is 8. The van der Waals surface area contributed by atoms with Crippen LogP contribution >= 0.6 is 23.6 Å². The summed E-state index contributed by atoms with van der Waals surface area (Å²) in [5, 5.41) is 6.91. The summed E-state index contributed by atoms with van der Waals surface area (Å²) in [5.41, 5.74) is 0. The first-order valence-electron chi connectivity index (χ1n) is 8.82. The van der Waals surface area contributed by atoms with E-state index < -0.39 is 0 Å². The predicted octanol–water partition coefficient (Wildman–Crippen LogP) is 4.45. The molecule has 0 bridgehead atoms. The molecule has 136 valence electrons. The molecule has 1 aliphatic carbocycles. The minimum absolute atomic E-state index is 0.514. The van der Waals surface area contributed by atoms with Crippen LogP contribution in [0.1, 0.15) is 18.9 Å². The molecule has 2 aromatic heterocycles. The first-order valence-corrected chi connectivity index (χ1v) is 10.1. The van der Waals surface area contributed by atoms with Gasteiger partial charge < -0.3 is 4.74 Å². The summed E-state index contributed by atoms with van der Waals surface area (Å²) in [5.74, 6) is 1.90. The van der Waals surface area contributed by atoms with Gasteiger partial charge in [0.15, 0.2) is 10.6 Å². The number of aromatic nitrogens is 3. The summed E-state index contributed by atoms with van der Waals surface area (Å²) in [4.78, 5) is 3.36. The highest BCUT2D eigenvalue weighted by Crippen LogP contribution is 2.39. The Bertz CT molecular complexity index is 898. The molecule has 1 fully saturated rings. The van der Waals surface area contributed by atoms with E-state index in [0.717, 1.165) is 22.9 Å². The number of hydrogen-bond acceptors (Lipinski definition) is 5. The van der Waals surface area contributed by atoms with Crippen molar-refractivity contribution in [2.45, 2.75) is 25.6 Å². The quantitative estimate of drug-likeness (QED) is 0.536. The zero-order valence-corrected chi connectivity index (χ0v) is 16.4. The number of nitrogens with zero attached hydrogens (tertiary/aromatic N) is 4. The highest BCUT2D eigenvalue weighted by Gasteiger charge is 2.29. The Hall–Kier alpha value is -1.96. The second-order valence-corrected chi connectivity index (χ2v) is 7.88. The van der Waals surface area contributed by atoms with Gasteiger partial charge in [-0.15, -0.1) is 16.4 Å². The van der Waals surface area contributed by atoms with Crippen molar-refractivity contribution >= 4 is 23.6 Å². The van der Waals surface area contributed by atoms with Crippen LogP contribution in [0.5, 0.6) is 5.75 Å². The van der Waals surface area contributed by atoms with Gasteiger partial charge in [0.25, 0.3) is 0 Å². The Morgan fingerprint density at radius 1 is 1.23 bits per heavy atom. The molecule has 0 amide bonds. The van der Waals surface area contributed by atoms with Crippen LogP contribution in [0.25, 0.3) is 10.7 Å². The Morgan fingerprint density at radius 2 is 2.04 bits per heavy atom. The number of likely N-dealkylation sites (N-methyl/N-ethyl adjacent to an activating group) is 1. The normalized spacial score (nSPS) is 14.1. The van der Waals surface area contributed by atoms with Crippen molar-refractivity contribution in [3.63, 3.8) is 0 Å². The lowest BCUT2D eigenvalue weighted by Gasteiger charge is -2.16. The molecule has 4 rings (SSSR count). The van der Waals surface area contributed by atoms with Gasteiger partial charge in [-0.25, -0.2) is 4.68 Å². The molecule has 1 saturated carbocycles. The molecule has 0 aliphatic heterocycles. The first-order chi connectivity index (χ1) is 12.7. The van der Waals surface area contributed by atoms with E-state index in [1.165, 1.54) is 17.7 Å². The first kappa shape index (κ1) is 17.5. The maximum atomic E-state index is 5.78. The van der Waals surface area contributed by atoms with Gasteiger partial charge in [-0.3, -0.25) is 9.47 Å². The highest BCUT2D eigenvalue weighted by molar-refractivity contribution is 7.71. The van der Waals surface area contributed by atoms with Gasteiger partial charge in [-0.05, 0) is 55.7 Å². The van der Waals surface area contributed by atoms with E-state index in [-0.39, 0.29) is 0 Å². The van der Waals surface area contributed by atoms with Crippen LogP contribution in [0.3, 0.4) is 0 Å². The average Bonchev–Trinajstić information content (AvgIpc) is 3.22. The molecule has 0 unspecified atom stereocenters. The molecule has 0 spiro atoms. The zero-order chi connectivity index (χ0) is 17.9. The summed E-state index contributed by atoms with van der Waals surface area (Å²) >= 11 is 7.43. The molecule has 0 N–H and O–H groups in total. The lowest BCUT2D eigenvalue weighted by Crippen LogP contribution is -2.27. The molecular formula is C19H22N4OS2. The van der Waals surface area contributed by atoms with Gasteiger partial charge in [0.05, 0.1) is 11.5 Å². The second kappa shape index (κ2) is 7.73. The van der Waals surface area contributed by atoms with E-state index >= 15 is 0 Å². The third-order valence-electron chi connectivity index (χ3n) is 4.38. The predicted molar refractivity (Wildman–Crippen MR) is 107 cm³/mol. The average molecular weight is 387 g/mol. The van der Waals surface area contributed by atoms with Crippen LogP contribution < -0.4 is 4.74 Å². The van der Waals surface area contributed by atoms with Crippen LogP contribution in [0.4, 0.5) is 0 Å². The number of benzene rings is 1. The smallest absolute Gasteiger partial charge is 0.199 e. The van der Waals surface area contributed by atoms with Gasteiger partial charge in [0.1, 0.15) is 12.4 Å². The number of para-hydroxylation sites is 1. The van der Waals surface area contributed by atoms with E-state index in [1.54, 1.807) is 11.3 Å². The SMILES string of the molecule is CN(CCOc1ccccc1)Cn1nc(-c2cccs2)n(C2CC2)c1=S. The van der Waals surface area contributed by atoms with E-state index in [0.29, 0.717) is 19.3 Å². The molecule has 0 atom stereocenters. The fourth-order valence-corrected chi connectivity index (χ4v) is 3.92. The van der Waals surface area contributed by atoms with Crippen LogP contribution in [-0.2, 0) is 6.67 Å². The zero-order valence-electron chi connectivity index (χ0n) is 14.7. The molecule has 5 nitrogen and oxygen atoms in total. The summed E-state index contributed by atoms with van der Waals surface area (Å²) in [6.07, 6.45) is 2.39. The molecule has 7 heteroatoms. The molecule has 3 aromatic rings. The molecule has 26 heavy (non-hydrogen) atoms. The largest absolute Gasteiger partial charge is 0.492 e. The second-order valence-electron chi connectivity index (χ2n) is 6.57. The topological polar surface area (TPSA) is 35.2 Å². The van der Waals surface area contributed by atoms with Crippen molar-refractivity contribution in [2.75, 3.05) is 20.2 Å². The van der Waals surface area contributed by atoms with Crippen molar-refractivity contribution in [3.05, 3.63) is 52.6 Å². The van der Waals surface area contributed by atoms with Crippen molar-refractivity contribution in [1.29, 1.82) is 0 Å². The lowest BCUT2D eigenvalue weighted by atomic mass is 10.3. The van der Waals surface area contributed by atoms with Crippen molar-refractivity contribution in [1.82, 2.24) is 19.2 Å². The molecule has 1 aromatic carbocycles. The Balaban J connectivity index is 1.43. The van der Waals surface area contributed by atoms with Gasteiger partial charge in [-0.1, -0.05) is 24.3 Å². The number of thiophene rings is 1. The summed E-state index contributed by atoms with van der Waals surface area (Å²) < 4.78 is 10.8. The summed E-state index contributed by atoms with van der Waals surface area (Å²) in [6, 6.07) is 14.6. The van der Waals surface area contributed by atoms with Gasteiger partial charge >= 0.3 is 0 Å². The van der Waals surface area contributed by atoms with Crippen LogP contribution in [0.15, 0.2) is 47.8 Å². The van der Waals surface area contributed by atoms with Gasteiger partial charge in [-0.2, -0.15) is 0 Å². The fraction of sp³-hybridized carbons (Fsp3) is 0.368. The monoisotopic (exact) mass is 386 g/mol. The van der Waals surface area contributed by atoms with Crippen LogP contribution in [0.2, 0.25) is 0 Å². The van der Waals surface area contributed by atoms with Crippen LogP contribution in [0, 0.1) is 4.77 Å². The molecular weight excluding hydrogens is 364 g/mol. The molecule has 1 aliphatic rings. The van der Waals surface area contributed by atoms with E-state index in [1.807, 2.05) is 35.0 Å². The van der Waals surface area contributed by atoms with E-state index in [2.05, 4.69) is 34.0 Å². The van der Waals surface area contributed by atoms with Crippen LogP contribution in [-0.4, -0.2) is 39.4 Å². The van der Waals surface area contributed by atoms with Gasteiger partial charge in [0, 0.05) is 12.6 Å². The highest BCUT2D eigenvalue weighted by atomic mass is 32.1. The number of hydrogen-bond donors (Lipinski definition) is 0. The summed E-state index contributed by atoms with van der Waals surface area (Å²) in [6.45, 7) is 2.10. The van der Waals surface area contributed by atoms with Crippen molar-refractivity contribution < 1.29 is 4.74 Å². The molecule has 0 saturated heterocycles. The Labute approximate surface area is 162 Å². The Morgan fingerprint density at radius 3 is 2.73 bits per heavy atom. The van der Waals surface area contributed by atoms with Gasteiger partial charge in [0.2, 0.25) is 0 Å². The minimum atomic E-state index is 0.514. The maximum Gasteiger partial charge on any atom is 0.199 e. The third kappa shape index (κ3) is 3.90. The van der Waals surface area contributed by atoms with E-state index in [9.17, 15) is 0 Å². The Kier molecular flexibility index (Phi) is 5.19. The third-order valence-corrected chi connectivity index (χ3v) is 5.66. The summed E-state index contributed by atoms with van der Waals surface area (Å²) in [7, 11) is 2.07. The molecule has 0 radical (unpaired) electrons. The minimum Gasteiger partial charge on any atom is -0.492 e. The lowest BCUT2D eigenvalue weighted by molar-refractivity contribution is 0.197. The maximum absolute atomic E-state index is 5.78. The number of ether oxygens (including phenoxy) is 1. The standard InChI is InChI=1S/C19H22N4OS2/c1-21(11-12-24-16-6-3-2-4-7-16)14-22-19(25)23(15-9-10-15)18(20-22)17-8-5-13-26-17/h2-8,13,15H,9-12,14H2,1H3. The van der Waals surface area contributed by atoms with Crippen molar-refractivity contribution in [2.24, 2.45) is 0 Å². The molecule has 2 heterocycles. The van der Waals surface area contributed by atoms with Crippen molar-refractivity contribution in [3.8, 4) is 16.5 Å². The fourth-order valence-electron chi connectivity index (χ4n) is 2.88. The van der Waals surface area contributed by atoms with E-state index in [4.69, 9.17) is 22.1 Å².